The van der Waals surface area contributed by atoms with Crippen molar-refractivity contribution >= 4 is 27.7 Å². The van der Waals surface area contributed by atoms with Crippen LogP contribution in [0.15, 0.2) is 89.9 Å². The Kier molecular flexibility index (Phi) is 6.15. The summed E-state index contributed by atoms with van der Waals surface area (Å²) in [5, 5.41) is 4.48. The molecule has 196 valence electrons. The summed E-state index contributed by atoms with van der Waals surface area (Å²) in [5.41, 5.74) is 2.19. The van der Waals surface area contributed by atoms with Gasteiger partial charge in [-0.3, -0.25) is 19.1 Å². The summed E-state index contributed by atoms with van der Waals surface area (Å²) >= 11 is 0. The molecular weight excluding hydrogens is 505 g/mol. The number of piperazine rings is 1. The lowest BCUT2D eigenvalue weighted by Crippen LogP contribution is -2.46. The zero-order valence-electron chi connectivity index (χ0n) is 20.7. The number of alkyl halides is 3. The van der Waals surface area contributed by atoms with E-state index < -0.39 is 17.3 Å². The van der Waals surface area contributed by atoms with Gasteiger partial charge in [0.05, 0.1) is 16.6 Å². The predicted octanol–water partition coefficient (Wildman–Crippen LogP) is 5.27. The molecule has 39 heavy (non-hydrogen) atoms. The lowest BCUT2D eigenvalue weighted by Gasteiger charge is -2.27. The van der Waals surface area contributed by atoms with Crippen molar-refractivity contribution in [3.63, 3.8) is 0 Å². The van der Waals surface area contributed by atoms with Gasteiger partial charge in [0.25, 0.3) is 11.5 Å². The highest BCUT2D eigenvalue weighted by molar-refractivity contribution is 6.05. The monoisotopic (exact) mass is 528 g/mol. The smallest absolute Gasteiger partial charge is 0.336 e. The Morgan fingerprint density at radius 3 is 2.36 bits per heavy atom. The van der Waals surface area contributed by atoms with Crippen LogP contribution in [0.1, 0.15) is 15.9 Å². The van der Waals surface area contributed by atoms with Gasteiger partial charge in [-0.15, -0.1) is 0 Å². The van der Waals surface area contributed by atoms with Crippen LogP contribution in [-0.2, 0) is 6.18 Å². The van der Waals surface area contributed by atoms with E-state index in [-0.39, 0.29) is 11.6 Å². The van der Waals surface area contributed by atoms with Crippen LogP contribution in [0.2, 0.25) is 0 Å². The van der Waals surface area contributed by atoms with Crippen molar-refractivity contribution in [1.82, 2.24) is 19.8 Å². The SMILES string of the molecule is O=C(c1ccc(-c2ccc3ncc4ccc(=O)n(-c5cccc(C(F)(F)F)c5)c4c3c2)cc1)N1CCNCC1. The molecule has 1 fully saturated rings. The highest BCUT2D eigenvalue weighted by Gasteiger charge is 2.30. The number of hydrogen-bond donors (Lipinski definition) is 1. The molecule has 9 heteroatoms. The number of carbonyl (C=O) groups is 1. The fourth-order valence-corrected chi connectivity index (χ4v) is 5.02. The predicted molar refractivity (Wildman–Crippen MR) is 144 cm³/mol. The van der Waals surface area contributed by atoms with Crippen molar-refractivity contribution in [1.29, 1.82) is 0 Å². The first-order chi connectivity index (χ1) is 18.8. The van der Waals surface area contributed by atoms with Crippen LogP contribution in [0.4, 0.5) is 13.2 Å². The highest BCUT2D eigenvalue weighted by Crippen LogP contribution is 2.33. The molecule has 2 aromatic heterocycles. The van der Waals surface area contributed by atoms with Crippen LogP contribution in [0, 0.1) is 0 Å². The molecule has 3 aromatic carbocycles. The fraction of sp³-hybridized carbons (Fsp3) is 0.167. The van der Waals surface area contributed by atoms with E-state index in [9.17, 15) is 22.8 Å². The van der Waals surface area contributed by atoms with Crippen LogP contribution >= 0.6 is 0 Å². The summed E-state index contributed by atoms with van der Waals surface area (Å²) in [6.07, 6.45) is -2.93. The molecule has 1 aliphatic rings. The van der Waals surface area contributed by atoms with E-state index in [0.29, 0.717) is 40.5 Å². The molecule has 0 spiro atoms. The molecule has 1 aliphatic heterocycles. The first kappa shape index (κ1) is 24.8. The molecule has 0 aliphatic carbocycles. The van der Waals surface area contributed by atoms with E-state index in [4.69, 9.17) is 0 Å². The first-order valence-electron chi connectivity index (χ1n) is 12.5. The zero-order chi connectivity index (χ0) is 27.1. The maximum atomic E-state index is 13.5. The third kappa shape index (κ3) is 4.66. The molecule has 1 saturated heterocycles. The van der Waals surface area contributed by atoms with Gasteiger partial charge >= 0.3 is 6.18 Å². The summed E-state index contributed by atoms with van der Waals surface area (Å²) in [4.78, 5) is 32.2. The van der Waals surface area contributed by atoms with Crippen LogP contribution in [0.3, 0.4) is 0 Å². The van der Waals surface area contributed by atoms with Crippen LogP contribution < -0.4 is 10.9 Å². The lowest BCUT2D eigenvalue weighted by molar-refractivity contribution is -0.137. The molecule has 0 bridgehead atoms. The Labute approximate surface area is 221 Å². The molecular formula is C30H23F3N4O2. The molecule has 0 radical (unpaired) electrons. The molecule has 6 rings (SSSR count). The molecule has 5 aromatic rings. The van der Waals surface area contributed by atoms with Crippen molar-refractivity contribution in [2.45, 2.75) is 6.18 Å². The van der Waals surface area contributed by atoms with E-state index in [1.54, 1.807) is 24.4 Å². The molecule has 1 amide bonds. The number of hydrogen-bond acceptors (Lipinski definition) is 4. The van der Waals surface area contributed by atoms with Crippen molar-refractivity contribution in [3.05, 3.63) is 107 Å². The highest BCUT2D eigenvalue weighted by atomic mass is 19.4. The molecule has 0 unspecified atom stereocenters. The van der Waals surface area contributed by atoms with E-state index in [2.05, 4.69) is 10.3 Å². The fourth-order valence-electron chi connectivity index (χ4n) is 5.02. The third-order valence-electron chi connectivity index (χ3n) is 7.02. The second-order valence-electron chi connectivity index (χ2n) is 9.47. The minimum atomic E-state index is -4.54. The van der Waals surface area contributed by atoms with Gasteiger partial charge in [-0.05, 0) is 59.7 Å². The summed E-state index contributed by atoms with van der Waals surface area (Å²) in [6.45, 7) is 2.88. The maximum Gasteiger partial charge on any atom is 0.416 e. The minimum Gasteiger partial charge on any atom is -0.336 e. The summed E-state index contributed by atoms with van der Waals surface area (Å²) < 4.78 is 41.7. The Balaban J connectivity index is 1.47. The number of nitrogens with one attached hydrogen (secondary N) is 1. The average Bonchev–Trinajstić information content (AvgIpc) is 2.96. The second kappa shape index (κ2) is 9.67. The van der Waals surface area contributed by atoms with Gasteiger partial charge in [-0.25, -0.2) is 0 Å². The number of carbonyl (C=O) groups excluding carboxylic acids is 1. The Bertz CT molecular complexity index is 1770. The van der Waals surface area contributed by atoms with Gasteiger partial charge in [0.2, 0.25) is 0 Å². The Hall–Kier alpha value is -4.50. The van der Waals surface area contributed by atoms with Gasteiger partial charge in [0.1, 0.15) is 0 Å². The molecule has 0 saturated carbocycles. The summed E-state index contributed by atoms with van der Waals surface area (Å²) in [6, 6.07) is 20.6. The van der Waals surface area contributed by atoms with Gasteiger partial charge in [-0.1, -0.05) is 24.3 Å². The Morgan fingerprint density at radius 1 is 0.872 bits per heavy atom. The summed E-state index contributed by atoms with van der Waals surface area (Å²) in [5.74, 6) is -0.0122. The van der Waals surface area contributed by atoms with E-state index in [1.165, 1.54) is 22.8 Å². The van der Waals surface area contributed by atoms with Gasteiger partial charge in [0.15, 0.2) is 0 Å². The largest absolute Gasteiger partial charge is 0.416 e. The van der Waals surface area contributed by atoms with Crippen LogP contribution in [-0.4, -0.2) is 46.5 Å². The zero-order valence-corrected chi connectivity index (χ0v) is 20.7. The number of aromatic nitrogens is 2. The molecule has 3 heterocycles. The average molecular weight is 529 g/mol. The number of rotatable bonds is 3. The molecule has 0 atom stereocenters. The minimum absolute atomic E-state index is 0.0122. The van der Waals surface area contributed by atoms with Crippen molar-refractivity contribution in [2.75, 3.05) is 26.2 Å². The number of pyridine rings is 2. The first-order valence-corrected chi connectivity index (χ1v) is 12.5. The third-order valence-corrected chi connectivity index (χ3v) is 7.02. The van der Waals surface area contributed by atoms with Gasteiger partial charge < -0.3 is 10.2 Å². The van der Waals surface area contributed by atoms with Crippen LogP contribution in [0.25, 0.3) is 38.6 Å². The van der Waals surface area contributed by atoms with E-state index in [0.717, 1.165) is 36.3 Å². The molecule has 6 nitrogen and oxygen atoms in total. The number of nitrogens with zero attached hydrogens (tertiary/aromatic N) is 3. The normalized spacial score (nSPS) is 14.2. The standard InChI is InChI=1S/C30H23F3N4O2/c31-30(32,33)23-2-1-3-24(17-23)37-27(38)11-9-22-18-35-26-10-8-21(16-25(26)28(22)37)19-4-6-20(7-5-19)29(39)36-14-12-34-13-15-36/h1-11,16-18,34H,12-15H2. The molecule has 1 N–H and O–H groups in total. The number of amides is 1. The van der Waals surface area contributed by atoms with Gasteiger partial charge in [0, 0.05) is 60.5 Å². The lowest BCUT2D eigenvalue weighted by atomic mass is 10.0. The second-order valence-corrected chi connectivity index (χ2v) is 9.47. The maximum absolute atomic E-state index is 13.5. The summed E-state index contributed by atoms with van der Waals surface area (Å²) in [7, 11) is 0. The quantitative estimate of drug-likeness (QED) is 0.324. The topological polar surface area (TPSA) is 67.2 Å². The Morgan fingerprint density at radius 2 is 1.62 bits per heavy atom. The van der Waals surface area contributed by atoms with Crippen molar-refractivity contribution in [2.24, 2.45) is 0 Å². The van der Waals surface area contributed by atoms with Gasteiger partial charge in [-0.2, -0.15) is 13.2 Å². The number of benzene rings is 3. The number of fused-ring (bicyclic) bond motifs is 3. The van der Waals surface area contributed by atoms with E-state index >= 15 is 0 Å². The van der Waals surface area contributed by atoms with Crippen LogP contribution in [0.5, 0.6) is 0 Å². The van der Waals surface area contributed by atoms with E-state index in [1.807, 2.05) is 35.2 Å². The number of halogens is 3. The van der Waals surface area contributed by atoms with Crippen molar-refractivity contribution in [3.8, 4) is 16.8 Å². The van der Waals surface area contributed by atoms with Crippen molar-refractivity contribution < 1.29 is 18.0 Å².